The lowest BCUT2D eigenvalue weighted by atomic mass is 9.98. The van der Waals surface area contributed by atoms with Gasteiger partial charge < -0.3 is 20.5 Å². The highest BCUT2D eigenvalue weighted by Crippen LogP contribution is 2.20. The fraction of sp³-hybridized carbons (Fsp3) is 0.320. The maximum Gasteiger partial charge on any atom is 0.335 e. The van der Waals surface area contributed by atoms with Crippen molar-refractivity contribution in [3.05, 3.63) is 82.9 Å². The van der Waals surface area contributed by atoms with Gasteiger partial charge in [-0.3, -0.25) is 9.59 Å². The van der Waals surface area contributed by atoms with Crippen LogP contribution >= 0.6 is 11.6 Å². The van der Waals surface area contributed by atoms with Gasteiger partial charge in [0.1, 0.15) is 6.10 Å². The molecule has 0 aromatic heterocycles. The van der Waals surface area contributed by atoms with E-state index in [4.69, 9.17) is 16.3 Å². The van der Waals surface area contributed by atoms with E-state index >= 15 is 0 Å². The summed E-state index contributed by atoms with van der Waals surface area (Å²) in [5, 5.41) is 16.3. The minimum absolute atomic E-state index is 0.00209. The molecule has 33 heavy (non-hydrogen) atoms. The number of benzene rings is 2. The Balaban J connectivity index is 1.66. The van der Waals surface area contributed by atoms with Crippen molar-refractivity contribution in [1.82, 2.24) is 10.6 Å². The second-order valence-electron chi connectivity index (χ2n) is 7.84. The minimum atomic E-state index is -1.30. The largest absolute Gasteiger partial charge is 0.454 e. The number of hydrogen-bond donors (Lipinski definition) is 3. The predicted molar refractivity (Wildman–Crippen MR) is 124 cm³/mol. The van der Waals surface area contributed by atoms with Gasteiger partial charge in [-0.15, -0.1) is 0 Å². The average Bonchev–Trinajstić information content (AvgIpc) is 2.82. The number of nitrogens with one attached hydrogen (secondary N) is 2. The molecule has 3 N–H and O–H groups in total. The molecule has 3 atom stereocenters. The summed E-state index contributed by atoms with van der Waals surface area (Å²) in [6, 6.07) is 16.1. The van der Waals surface area contributed by atoms with Crippen molar-refractivity contribution in [3.63, 3.8) is 0 Å². The van der Waals surface area contributed by atoms with E-state index in [0.29, 0.717) is 23.6 Å². The maximum absolute atomic E-state index is 12.9. The third-order valence-electron chi connectivity index (χ3n) is 5.32. The van der Waals surface area contributed by atoms with Crippen molar-refractivity contribution in [2.45, 2.75) is 38.0 Å². The molecule has 7 nitrogen and oxygen atoms in total. The zero-order valence-corrected chi connectivity index (χ0v) is 18.8. The Morgan fingerprint density at radius 3 is 2.48 bits per heavy atom. The van der Waals surface area contributed by atoms with E-state index in [1.54, 1.807) is 48.6 Å². The number of allylic oxidation sites excluding steroid dienone is 1. The molecular weight excluding hydrogens is 444 g/mol. The highest BCUT2D eigenvalue weighted by Gasteiger charge is 2.26. The smallest absolute Gasteiger partial charge is 0.335 e. The molecule has 0 spiro atoms. The van der Waals surface area contributed by atoms with E-state index in [-0.39, 0.29) is 31.2 Å². The third kappa shape index (κ3) is 7.73. The molecule has 0 saturated heterocycles. The van der Waals surface area contributed by atoms with Crippen molar-refractivity contribution < 1.29 is 24.2 Å². The molecular formula is C25H27ClN2O5. The van der Waals surface area contributed by atoms with Gasteiger partial charge in [-0.1, -0.05) is 66.2 Å². The van der Waals surface area contributed by atoms with Crippen molar-refractivity contribution >= 4 is 29.4 Å². The number of hydrogen-bond acceptors (Lipinski definition) is 5. The lowest BCUT2D eigenvalue weighted by molar-refractivity contribution is -0.159. The Labute approximate surface area is 197 Å². The number of aliphatic hydroxyl groups excluding tert-OH is 1. The summed E-state index contributed by atoms with van der Waals surface area (Å²) in [6.45, 7) is 0.367. The van der Waals surface area contributed by atoms with Crippen molar-refractivity contribution in [2.75, 3.05) is 6.54 Å². The van der Waals surface area contributed by atoms with Gasteiger partial charge in [0, 0.05) is 24.4 Å². The van der Waals surface area contributed by atoms with Crippen molar-refractivity contribution in [2.24, 2.45) is 5.92 Å². The molecule has 0 bridgehead atoms. The lowest BCUT2D eigenvalue weighted by Crippen LogP contribution is -2.38. The van der Waals surface area contributed by atoms with Gasteiger partial charge in [0.05, 0.1) is 12.5 Å². The van der Waals surface area contributed by atoms with Crippen LogP contribution in [0.25, 0.3) is 0 Å². The van der Waals surface area contributed by atoms with Gasteiger partial charge >= 0.3 is 5.97 Å². The Hall–Kier alpha value is -3.16. The van der Waals surface area contributed by atoms with E-state index in [1.165, 1.54) is 0 Å². The Kier molecular flexibility index (Phi) is 9.04. The maximum atomic E-state index is 12.9. The Morgan fingerprint density at radius 2 is 1.76 bits per heavy atom. The van der Waals surface area contributed by atoms with Gasteiger partial charge in [0.25, 0.3) is 0 Å². The topological polar surface area (TPSA) is 105 Å². The molecule has 0 saturated carbocycles. The van der Waals surface area contributed by atoms with Gasteiger partial charge in [0.15, 0.2) is 6.10 Å². The molecule has 0 unspecified atom stereocenters. The van der Waals surface area contributed by atoms with Crippen molar-refractivity contribution in [3.8, 4) is 0 Å². The van der Waals surface area contributed by atoms with E-state index in [1.807, 2.05) is 18.2 Å². The van der Waals surface area contributed by atoms with Crippen LogP contribution in [0, 0.1) is 5.92 Å². The van der Waals surface area contributed by atoms with E-state index in [2.05, 4.69) is 10.6 Å². The molecule has 2 aromatic carbocycles. The number of amides is 2. The summed E-state index contributed by atoms with van der Waals surface area (Å²) in [7, 11) is 0. The second-order valence-corrected chi connectivity index (χ2v) is 8.28. The molecule has 8 heteroatoms. The standard InChI is InChI=1S/C25H27ClN2O5/c26-20-12-10-17(11-13-20)15-27-23(30)14-19-8-4-5-9-21(29)25(32)33-22(16-28-24(19)31)18-6-2-1-3-7-18/h1-7,10-13,19,21-22,29H,8-9,14-16H2,(H,27,30)(H,28,31)/b5-4+/t19-,21-,22-/m0/s1. The second kappa shape index (κ2) is 12.2. The van der Waals surface area contributed by atoms with E-state index in [9.17, 15) is 19.5 Å². The highest BCUT2D eigenvalue weighted by molar-refractivity contribution is 6.30. The molecule has 1 heterocycles. The van der Waals surface area contributed by atoms with Gasteiger partial charge in [-0.25, -0.2) is 4.79 Å². The molecule has 1 aliphatic heterocycles. The van der Waals surface area contributed by atoms with Crippen LogP contribution in [-0.2, 0) is 25.7 Å². The first kappa shape index (κ1) is 24.5. The van der Waals surface area contributed by atoms with Crippen LogP contribution in [0.5, 0.6) is 0 Å². The van der Waals surface area contributed by atoms with Crippen LogP contribution in [-0.4, -0.2) is 35.5 Å². The van der Waals surface area contributed by atoms with Crippen LogP contribution < -0.4 is 10.6 Å². The number of carbonyl (C=O) groups excluding carboxylic acids is 3. The zero-order valence-electron chi connectivity index (χ0n) is 18.1. The fourth-order valence-corrected chi connectivity index (χ4v) is 3.54. The SMILES string of the molecule is O=C(C[C@@H]1C/C=C/C[C@H](O)C(=O)O[C@H](c2ccccc2)CNC1=O)NCc1ccc(Cl)cc1. The van der Waals surface area contributed by atoms with E-state index < -0.39 is 24.1 Å². The molecule has 1 aliphatic rings. The van der Waals surface area contributed by atoms with Crippen LogP contribution in [0.1, 0.15) is 36.5 Å². The summed E-state index contributed by atoms with van der Waals surface area (Å²) in [4.78, 5) is 37.6. The van der Waals surface area contributed by atoms with Crippen LogP contribution in [0.4, 0.5) is 0 Å². The molecule has 174 valence electrons. The van der Waals surface area contributed by atoms with E-state index in [0.717, 1.165) is 5.56 Å². The number of rotatable bonds is 5. The Bertz CT molecular complexity index is 978. The van der Waals surface area contributed by atoms with Gasteiger partial charge in [0.2, 0.25) is 11.8 Å². The minimum Gasteiger partial charge on any atom is -0.454 e. The molecule has 0 radical (unpaired) electrons. The van der Waals surface area contributed by atoms with Crippen LogP contribution in [0.15, 0.2) is 66.7 Å². The summed E-state index contributed by atoms with van der Waals surface area (Å²) < 4.78 is 5.46. The first-order valence-electron chi connectivity index (χ1n) is 10.8. The fourth-order valence-electron chi connectivity index (χ4n) is 3.42. The molecule has 2 aromatic rings. The van der Waals surface area contributed by atoms with Crippen molar-refractivity contribution in [1.29, 1.82) is 0 Å². The first-order chi connectivity index (χ1) is 15.9. The third-order valence-corrected chi connectivity index (χ3v) is 5.57. The zero-order chi connectivity index (χ0) is 23.6. The van der Waals surface area contributed by atoms with Crippen LogP contribution in [0.3, 0.4) is 0 Å². The first-order valence-corrected chi connectivity index (χ1v) is 11.2. The molecule has 0 fully saturated rings. The normalized spacial score (nSPS) is 22.8. The monoisotopic (exact) mass is 470 g/mol. The number of cyclic esters (lactones) is 1. The average molecular weight is 471 g/mol. The summed E-state index contributed by atoms with van der Waals surface area (Å²) in [5.74, 6) is -1.91. The number of ether oxygens (including phenoxy) is 1. The summed E-state index contributed by atoms with van der Waals surface area (Å²) in [5.41, 5.74) is 1.60. The Morgan fingerprint density at radius 1 is 1.06 bits per heavy atom. The predicted octanol–water partition coefficient (Wildman–Crippen LogP) is 3.07. The van der Waals surface area contributed by atoms with Gasteiger partial charge in [-0.05, 0) is 29.7 Å². The highest BCUT2D eigenvalue weighted by atomic mass is 35.5. The molecule has 2 amide bonds. The quantitative estimate of drug-likeness (QED) is 0.460. The van der Waals surface area contributed by atoms with Crippen LogP contribution in [0.2, 0.25) is 5.02 Å². The molecule has 0 aliphatic carbocycles. The number of esters is 1. The van der Waals surface area contributed by atoms with Gasteiger partial charge in [-0.2, -0.15) is 0 Å². The number of aliphatic hydroxyl groups is 1. The summed E-state index contributed by atoms with van der Waals surface area (Å²) in [6.07, 6.45) is 1.64. The molecule has 3 rings (SSSR count). The lowest BCUT2D eigenvalue weighted by Gasteiger charge is -2.23. The number of halogens is 1. The summed E-state index contributed by atoms with van der Waals surface area (Å²) >= 11 is 5.88. The number of carbonyl (C=O) groups is 3.